The van der Waals surface area contributed by atoms with Crippen molar-refractivity contribution in [3.63, 3.8) is 0 Å². The van der Waals surface area contributed by atoms with E-state index < -0.39 is 18.0 Å². The molecule has 132 valence electrons. The molecule has 0 radical (unpaired) electrons. The van der Waals surface area contributed by atoms with Crippen LogP contribution in [-0.2, 0) is 9.59 Å². The maximum absolute atomic E-state index is 12.7. The number of benzene rings is 1. The minimum absolute atomic E-state index is 0.00719. The topological polar surface area (TPSA) is 78.5 Å². The maximum atomic E-state index is 12.7. The fourth-order valence-corrected chi connectivity index (χ4v) is 3.32. The number of hydrogen-bond acceptors (Lipinski definition) is 3. The smallest absolute Gasteiger partial charge is 0.322 e. The summed E-state index contributed by atoms with van der Waals surface area (Å²) in [5.41, 5.74) is 1.10. The summed E-state index contributed by atoms with van der Waals surface area (Å²) in [6.07, 6.45) is 8.18. The van der Waals surface area contributed by atoms with Gasteiger partial charge in [0, 0.05) is 6.54 Å². The second kappa shape index (κ2) is 7.96. The lowest BCUT2D eigenvalue weighted by atomic mass is 10.1. The molecule has 0 aromatic heterocycles. The lowest BCUT2D eigenvalue weighted by molar-refractivity contribution is -0.135. The average Bonchev–Trinajstić information content (AvgIpc) is 2.80. The summed E-state index contributed by atoms with van der Waals surface area (Å²) in [5.74, 6) is -0.517. The molecule has 0 aliphatic carbocycles. The Hall–Kier alpha value is -2.63. The van der Waals surface area contributed by atoms with Gasteiger partial charge in [-0.15, -0.1) is 0 Å². The predicted octanol–water partition coefficient (Wildman–Crippen LogP) is 2.07. The van der Waals surface area contributed by atoms with Crippen molar-refractivity contribution in [2.24, 2.45) is 0 Å². The molecule has 2 heterocycles. The molecular weight excluding hydrogens is 318 g/mol. The Bertz CT molecular complexity index is 672. The van der Waals surface area contributed by atoms with Crippen LogP contribution in [0.3, 0.4) is 0 Å². The molecule has 2 fully saturated rings. The summed E-state index contributed by atoms with van der Waals surface area (Å²) in [6, 6.07) is 8.72. The molecule has 2 aliphatic rings. The summed E-state index contributed by atoms with van der Waals surface area (Å²) >= 11 is 0. The first kappa shape index (κ1) is 17.2. The van der Waals surface area contributed by atoms with Crippen LogP contribution in [0, 0.1) is 0 Å². The van der Waals surface area contributed by atoms with Crippen LogP contribution in [0.25, 0.3) is 6.08 Å². The third kappa shape index (κ3) is 4.47. The Kier molecular flexibility index (Phi) is 5.48. The predicted molar refractivity (Wildman–Crippen MR) is 94.5 cm³/mol. The SMILES string of the molecule is O=C1NC(=O)[C@H](CC(=O)N2CCCCCC2/C=C/c2ccccc2)N1. The minimum Gasteiger partial charge on any atom is -0.336 e. The Labute approximate surface area is 147 Å². The van der Waals surface area contributed by atoms with Gasteiger partial charge < -0.3 is 10.2 Å². The van der Waals surface area contributed by atoms with Gasteiger partial charge in [0.25, 0.3) is 5.91 Å². The number of urea groups is 1. The van der Waals surface area contributed by atoms with Gasteiger partial charge in [0.2, 0.25) is 5.91 Å². The third-order valence-corrected chi connectivity index (χ3v) is 4.67. The molecule has 2 aliphatic heterocycles. The molecule has 1 aromatic rings. The normalized spacial score (nSPS) is 24.1. The molecule has 0 saturated carbocycles. The van der Waals surface area contributed by atoms with Crippen LogP contribution >= 0.6 is 0 Å². The van der Waals surface area contributed by atoms with E-state index >= 15 is 0 Å². The van der Waals surface area contributed by atoms with Crippen LogP contribution in [0.1, 0.15) is 37.7 Å². The second-order valence-electron chi connectivity index (χ2n) is 6.49. The number of carbonyl (C=O) groups excluding carboxylic acids is 3. The average molecular weight is 341 g/mol. The number of nitrogens with one attached hydrogen (secondary N) is 2. The monoisotopic (exact) mass is 341 g/mol. The summed E-state index contributed by atoms with van der Waals surface area (Å²) in [7, 11) is 0. The zero-order chi connectivity index (χ0) is 17.6. The maximum Gasteiger partial charge on any atom is 0.322 e. The van der Waals surface area contributed by atoms with Gasteiger partial charge in [-0.25, -0.2) is 4.79 Å². The van der Waals surface area contributed by atoms with Gasteiger partial charge in [0.15, 0.2) is 0 Å². The second-order valence-corrected chi connectivity index (χ2v) is 6.49. The molecule has 6 heteroatoms. The zero-order valence-corrected chi connectivity index (χ0v) is 14.1. The van der Waals surface area contributed by atoms with Crippen molar-refractivity contribution >= 4 is 23.9 Å². The van der Waals surface area contributed by atoms with E-state index in [0.717, 1.165) is 31.2 Å². The fraction of sp³-hybridized carbons (Fsp3) is 0.421. The first-order chi connectivity index (χ1) is 12.1. The third-order valence-electron chi connectivity index (χ3n) is 4.67. The van der Waals surface area contributed by atoms with Gasteiger partial charge in [-0.1, -0.05) is 55.3 Å². The Morgan fingerprint density at radius 3 is 2.68 bits per heavy atom. The fourth-order valence-electron chi connectivity index (χ4n) is 3.32. The van der Waals surface area contributed by atoms with Gasteiger partial charge in [-0.2, -0.15) is 0 Å². The highest BCUT2D eigenvalue weighted by molar-refractivity contribution is 6.05. The van der Waals surface area contributed by atoms with Crippen molar-refractivity contribution in [3.8, 4) is 0 Å². The molecule has 2 N–H and O–H groups in total. The number of carbonyl (C=O) groups is 3. The van der Waals surface area contributed by atoms with Gasteiger partial charge >= 0.3 is 6.03 Å². The highest BCUT2D eigenvalue weighted by Crippen LogP contribution is 2.20. The standard InChI is InChI=1S/C19H23N3O3/c23-17(13-16-18(24)21-19(25)20-16)22-12-6-2-5-9-15(22)11-10-14-7-3-1-4-8-14/h1,3-4,7-8,10-11,15-16H,2,5-6,9,12-13H2,(H2,20,21,24,25)/b11-10+/t15?,16-/m0/s1. The number of hydrogen-bond donors (Lipinski definition) is 2. The van der Waals surface area contributed by atoms with E-state index in [4.69, 9.17) is 0 Å². The van der Waals surface area contributed by atoms with E-state index in [1.54, 1.807) is 0 Å². The Balaban J connectivity index is 1.69. The Morgan fingerprint density at radius 1 is 1.16 bits per heavy atom. The molecule has 4 amide bonds. The molecule has 0 bridgehead atoms. The molecule has 3 rings (SSSR count). The number of rotatable bonds is 4. The quantitative estimate of drug-likeness (QED) is 0.823. The van der Waals surface area contributed by atoms with Crippen LogP contribution < -0.4 is 10.6 Å². The van der Waals surface area contributed by atoms with E-state index in [1.807, 2.05) is 41.3 Å². The van der Waals surface area contributed by atoms with Crippen molar-refractivity contribution in [2.45, 2.75) is 44.2 Å². The molecule has 1 unspecified atom stereocenters. The summed E-state index contributed by atoms with van der Waals surface area (Å²) in [6.45, 7) is 0.685. The molecule has 2 saturated heterocycles. The molecular formula is C19H23N3O3. The van der Waals surface area contributed by atoms with Crippen LogP contribution in [0.4, 0.5) is 4.79 Å². The molecule has 1 aromatic carbocycles. The van der Waals surface area contributed by atoms with Crippen molar-refractivity contribution < 1.29 is 14.4 Å². The summed E-state index contributed by atoms with van der Waals surface area (Å²) < 4.78 is 0. The summed E-state index contributed by atoms with van der Waals surface area (Å²) in [5, 5.41) is 4.67. The van der Waals surface area contributed by atoms with Crippen molar-refractivity contribution in [2.75, 3.05) is 6.54 Å². The van der Waals surface area contributed by atoms with E-state index in [9.17, 15) is 14.4 Å². The highest BCUT2D eigenvalue weighted by atomic mass is 16.2. The lowest BCUT2D eigenvalue weighted by Crippen LogP contribution is -2.43. The number of nitrogens with zero attached hydrogens (tertiary/aromatic N) is 1. The minimum atomic E-state index is -0.762. The first-order valence-electron chi connectivity index (χ1n) is 8.77. The van der Waals surface area contributed by atoms with E-state index in [-0.39, 0.29) is 18.4 Å². The van der Waals surface area contributed by atoms with Gasteiger partial charge in [0.05, 0.1) is 12.5 Å². The highest BCUT2D eigenvalue weighted by Gasteiger charge is 2.34. The lowest BCUT2D eigenvalue weighted by Gasteiger charge is -2.28. The number of amides is 4. The van der Waals surface area contributed by atoms with E-state index in [1.165, 1.54) is 0 Å². The van der Waals surface area contributed by atoms with Crippen molar-refractivity contribution in [3.05, 3.63) is 42.0 Å². The van der Waals surface area contributed by atoms with Crippen LogP contribution in [0.15, 0.2) is 36.4 Å². The first-order valence-corrected chi connectivity index (χ1v) is 8.77. The molecule has 0 spiro atoms. The van der Waals surface area contributed by atoms with Gasteiger partial charge in [-0.3, -0.25) is 14.9 Å². The Morgan fingerprint density at radius 2 is 1.96 bits per heavy atom. The van der Waals surface area contributed by atoms with Crippen LogP contribution in [0.5, 0.6) is 0 Å². The largest absolute Gasteiger partial charge is 0.336 e. The van der Waals surface area contributed by atoms with Crippen molar-refractivity contribution in [1.82, 2.24) is 15.5 Å². The number of likely N-dealkylation sites (tertiary alicyclic amines) is 1. The van der Waals surface area contributed by atoms with E-state index in [0.29, 0.717) is 6.54 Å². The van der Waals surface area contributed by atoms with Crippen molar-refractivity contribution in [1.29, 1.82) is 0 Å². The van der Waals surface area contributed by atoms with Crippen LogP contribution in [-0.4, -0.2) is 41.4 Å². The molecule has 25 heavy (non-hydrogen) atoms. The van der Waals surface area contributed by atoms with Gasteiger partial charge in [-0.05, 0) is 18.4 Å². The molecule has 6 nitrogen and oxygen atoms in total. The molecule has 2 atom stereocenters. The number of imide groups is 1. The van der Waals surface area contributed by atoms with Gasteiger partial charge in [0.1, 0.15) is 6.04 Å². The summed E-state index contributed by atoms with van der Waals surface area (Å²) in [4.78, 5) is 37.5. The zero-order valence-electron chi connectivity index (χ0n) is 14.1. The van der Waals surface area contributed by atoms with E-state index in [2.05, 4.69) is 16.7 Å². The van der Waals surface area contributed by atoms with Crippen LogP contribution in [0.2, 0.25) is 0 Å².